The van der Waals surface area contributed by atoms with E-state index in [-0.39, 0.29) is 23.9 Å². The molecule has 0 radical (unpaired) electrons. The zero-order chi connectivity index (χ0) is 16.9. The first kappa shape index (κ1) is 17.1. The summed E-state index contributed by atoms with van der Waals surface area (Å²) in [4.78, 5) is 13.3. The molecule has 1 amide bonds. The first-order valence-corrected chi connectivity index (χ1v) is 8.47. The smallest absolute Gasteiger partial charge is 0.240 e. The van der Waals surface area contributed by atoms with Gasteiger partial charge in [0.05, 0.1) is 4.90 Å². The Bertz CT molecular complexity index is 762. The standard InChI is InChI=1S/C16H17FN2O3S/c1-13(20)19(15-9-7-14(17)8-10-15)12-11-18-23(21,22)16-5-3-2-4-6-16/h2-10,18H,11-12H2,1H3. The Kier molecular flexibility index (Phi) is 5.46. The van der Waals surface area contributed by atoms with Crippen molar-refractivity contribution < 1.29 is 17.6 Å². The predicted octanol–water partition coefficient (Wildman–Crippen LogP) is 2.16. The van der Waals surface area contributed by atoms with Crippen LogP contribution in [0.3, 0.4) is 0 Å². The molecule has 2 aromatic carbocycles. The highest BCUT2D eigenvalue weighted by molar-refractivity contribution is 7.89. The Morgan fingerprint density at radius 2 is 1.70 bits per heavy atom. The largest absolute Gasteiger partial charge is 0.311 e. The topological polar surface area (TPSA) is 66.5 Å². The number of hydrogen-bond donors (Lipinski definition) is 1. The maximum Gasteiger partial charge on any atom is 0.240 e. The quantitative estimate of drug-likeness (QED) is 0.879. The van der Waals surface area contributed by atoms with Crippen molar-refractivity contribution >= 4 is 21.6 Å². The number of carbonyl (C=O) groups is 1. The van der Waals surface area contributed by atoms with Crippen LogP contribution in [0.5, 0.6) is 0 Å². The van der Waals surface area contributed by atoms with Gasteiger partial charge in [-0.3, -0.25) is 4.79 Å². The van der Waals surface area contributed by atoms with E-state index in [1.54, 1.807) is 18.2 Å². The van der Waals surface area contributed by atoms with Crippen molar-refractivity contribution in [2.45, 2.75) is 11.8 Å². The highest BCUT2D eigenvalue weighted by Gasteiger charge is 2.15. The first-order valence-electron chi connectivity index (χ1n) is 6.98. The van der Waals surface area contributed by atoms with E-state index in [2.05, 4.69) is 4.72 Å². The van der Waals surface area contributed by atoms with Crippen molar-refractivity contribution in [3.63, 3.8) is 0 Å². The molecule has 0 atom stereocenters. The van der Waals surface area contributed by atoms with Crippen molar-refractivity contribution in [3.05, 3.63) is 60.4 Å². The summed E-state index contributed by atoms with van der Waals surface area (Å²) in [6, 6.07) is 13.4. The van der Waals surface area contributed by atoms with E-state index in [0.29, 0.717) is 5.69 Å². The molecule has 5 nitrogen and oxygen atoms in total. The second-order valence-corrected chi connectivity index (χ2v) is 6.62. The van der Waals surface area contributed by atoms with Gasteiger partial charge >= 0.3 is 0 Å². The molecule has 0 aromatic heterocycles. The van der Waals surface area contributed by atoms with Gasteiger partial charge in [-0.25, -0.2) is 17.5 Å². The maximum atomic E-state index is 13.0. The molecule has 1 N–H and O–H groups in total. The number of nitrogens with zero attached hydrogens (tertiary/aromatic N) is 1. The Hall–Kier alpha value is -2.25. The number of carbonyl (C=O) groups excluding carboxylic acids is 1. The number of hydrogen-bond acceptors (Lipinski definition) is 3. The predicted molar refractivity (Wildman–Crippen MR) is 86.1 cm³/mol. The number of benzene rings is 2. The highest BCUT2D eigenvalue weighted by atomic mass is 32.2. The molecule has 0 spiro atoms. The molecule has 0 fully saturated rings. The van der Waals surface area contributed by atoms with Gasteiger partial charge in [-0.05, 0) is 36.4 Å². The monoisotopic (exact) mass is 336 g/mol. The third kappa shape index (κ3) is 4.61. The average Bonchev–Trinajstić information content (AvgIpc) is 2.53. The molecule has 7 heteroatoms. The van der Waals surface area contributed by atoms with E-state index in [9.17, 15) is 17.6 Å². The second-order valence-electron chi connectivity index (χ2n) is 4.86. The fraction of sp³-hybridized carbons (Fsp3) is 0.188. The molecule has 0 aliphatic heterocycles. The molecule has 2 rings (SSSR count). The van der Waals surface area contributed by atoms with Gasteiger partial charge in [0.2, 0.25) is 15.9 Å². The average molecular weight is 336 g/mol. The molecule has 0 unspecified atom stereocenters. The third-order valence-corrected chi connectivity index (χ3v) is 4.68. The lowest BCUT2D eigenvalue weighted by Gasteiger charge is -2.21. The number of rotatable bonds is 6. The van der Waals surface area contributed by atoms with E-state index in [1.165, 1.54) is 48.2 Å². The van der Waals surface area contributed by atoms with Gasteiger partial charge in [-0.15, -0.1) is 0 Å². The summed E-state index contributed by atoms with van der Waals surface area (Å²) in [6.45, 7) is 1.57. The number of sulfonamides is 1. The fourth-order valence-electron chi connectivity index (χ4n) is 2.06. The van der Waals surface area contributed by atoms with E-state index in [1.807, 2.05) is 0 Å². The maximum absolute atomic E-state index is 13.0. The lowest BCUT2D eigenvalue weighted by Crippen LogP contribution is -2.37. The van der Waals surface area contributed by atoms with Crippen LogP contribution in [0.1, 0.15) is 6.92 Å². The Morgan fingerprint density at radius 1 is 1.09 bits per heavy atom. The van der Waals surface area contributed by atoms with Gasteiger partial charge in [0, 0.05) is 25.7 Å². The lowest BCUT2D eigenvalue weighted by molar-refractivity contribution is -0.116. The molecule has 0 heterocycles. The summed E-state index contributed by atoms with van der Waals surface area (Å²) in [6.07, 6.45) is 0. The molecule has 23 heavy (non-hydrogen) atoms. The summed E-state index contributed by atoms with van der Waals surface area (Å²) >= 11 is 0. The summed E-state index contributed by atoms with van der Waals surface area (Å²) < 4.78 is 39.6. The zero-order valence-corrected chi connectivity index (χ0v) is 13.4. The van der Waals surface area contributed by atoms with Crippen LogP contribution in [0, 0.1) is 5.82 Å². The third-order valence-electron chi connectivity index (χ3n) is 3.20. The van der Waals surface area contributed by atoms with Crippen LogP contribution >= 0.6 is 0 Å². The molecule has 0 bridgehead atoms. The van der Waals surface area contributed by atoms with Crippen molar-refractivity contribution in [3.8, 4) is 0 Å². The number of amides is 1. The van der Waals surface area contributed by atoms with Crippen LogP contribution < -0.4 is 9.62 Å². The van der Waals surface area contributed by atoms with Crippen molar-refractivity contribution in [1.82, 2.24) is 4.72 Å². The normalized spacial score (nSPS) is 11.2. The number of anilines is 1. The Morgan fingerprint density at radius 3 is 2.26 bits per heavy atom. The minimum Gasteiger partial charge on any atom is -0.311 e. The molecular weight excluding hydrogens is 319 g/mol. The second kappa shape index (κ2) is 7.34. The van der Waals surface area contributed by atoms with Gasteiger partial charge in [0.25, 0.3) is 0 Å². The Labute approximate surface area is 134 Å². The molecule has 122 valence electrons. The summed E-state index contributed by atoms with van der Waals surface area (Å²) in [5.74, 6) is -0.655. The van der Waals surface area contributed by atoms with Gasteiger partial charge in [-0.1, -0.05) is 18.2 Å². The van der Waals surface area contributed by atoms with Crippen molar-refractivity contribution in [1.29, 1.82) is 0 Å². The van der Waals surface area contributed by atoms with Crippen molar-refractivity contribution in [2.24, 2.45) is 0 Å². The van der Waals surface area contributed by atoms with Crippen molar-refractivity contribution in [2.75, 3.05) is 18.0 Å². The molecule has 2 aromatic rings. The summed E-state index contributed by atoms with van der Waals surface area (Å²) in [7, 11) is -3.62. The number of halogens is 1. The van der Waals surface area contributed by atoms with E-state index in [4.69, 9.17) is 0 Å². The lowest BCUT2D eigenvalue weighted by atomic mass is 10.2. The van der Waals surface area contributed by atoms with E-state index in [0.717, 1.165) is 0 Å². The fourth-order valence-corrected chi connectivity index (χ4v) is 3.11. The highest BCUT2D eigenvalue weighted by Crippen LogP contribution is 2.15. The Balaban J connectivity index is 2.03. The SMILES string of the molecule is CC(=O)N(CCNS(=O)(=O)c1ccccc1)c1ccc(F)cc1. The van der Waals surface area contributed by atoms with Gasteiger partial charge in [0.15, 0.2) is 0 Å². The molecule has 0 saturated carbocycles. The molecule has 0 saturated heterocycles. The zero-order valence-electron chi connectivity index (χ0n) is 12.6. The summed E-state index contributed by atoms with van der Waals surface area (Å²) in [5.41, 5.74) is 0.512. The molecule has 0 aliphatic carbocycles. The minimum absolute atomic E-state index is 0.0498. The van der Waals surface area contributed by atoms with Crippen LogP contribution in [0.4, 0.5) is 10.1 Å². The van der Waals surface area contributed by atoms with E-state index >= 15 is 0 Å². The van der Waals surface area contributed by atoms with Gasteiger partial charge in [-0.2, -0.15) is 0 Å². The summed E-state index contributed by atoms with van der Waals surface area (Å²) in [5, 5.41) is 0. The minimum atomic E-state index is -3.62. The molecular formula is C16H17FN2O3S. The number of nitrogens with one attached hydrogen (secondary N) is 1. The van der Waals surface area contributed by atoms with Gasteiger partial charge in [0.1, 0.15) is 5.82 Å². The van der Waals surface area contributed by atoms with Crippen LogP contribution in [-0.2, 0) is 14.8 Å². The van der Waals surface area contributed by atoms with E-state index < -0.39 is 15.8 Å². The first-order chi connectivity index (χ1) is 10.9. The molecule has 0 aliphatic rings. The van der Waals surface area contributed by atoms with Crippen LogP contribution in [0.25, 0.3) is 0 Å². The van der Waals surface area contributed by atoms with Gasteiger partial charge < -0.3 is 4.90 Å². The van der Waals surface area contributed by atoms with Crippen LogP contribution in [0.2, 0.25) is 0 Å². The van der Waals surface area contributed by atoms with Crippen LogP contribution in [-0.4, -0.2) is 27.4 Å². The van der Waals surface area contributed by atoms with Crippen LogP contribution in [0.15, 0.2) is 59.5 Å².